The van der Waals surface area contributed by atoms with E-state index < -0.39 is 11.8 Å². The summed E-state index contributed by atoms with van der Waals surface area (Å²) in [5.41, 5.74) is 6.86. The minimum absolute atomic E-state index is 0.0450. The summed E-state index contributed by atoms with van der Waals surface area (Å²) in [4.78, 5) is 15.1. The molecular weight excluding hydrogens is 263 g/mol. The monoisotopic (exact) mass is 272 g/mol. The van der Waals surface area contributed by atoms with E-state index in [0.29, 0.717) is 11.1 Å². The van der Waals surface area contributed by atoms with Gasteiger partial charge >= 0.3 is 5.97 Å². The van der Waals surface area contributed by atoms with E-state index in [1.165, 1.54) is 18.2 Å². The van der Waals surface area contributed by atoms with Crippen molar-refractivity contribution in [2.75, 3.05) is 5.73 Å². The van der Waals surface area contributed by atoms with E-state index in [2.05, 4.69) is 10.1 Å². The molecule has 0 atom stereocenters. The first-order valence-corrected chi connectivity index (χ1v) is 5.71. The summed E-state index contributed by atoms with van der Waals surface area (Å²) in [6, 6.07) is 8.85. The number of hydrogen-bond acceptors (Lipinski definition) is 4. The highest BCUT2D eigenvalue weighted by molar-refractivity contribution is 5.89. The minimum atomic E-state index is -1.15. The number of benzene rings is 1. The first-order valence-electron chi connectivity index (χ1n) is 5.71. The summed E-state index contributed by atoms with van der Waals surface area (Å²) in [5, 5.41) is 13.0. The molecule has 1 aromatic carbocycles. The van der Waals surface area contributed by atoms with E-state index in [0.717, 1.165) is 4.52 Å². The van der Waals surface area contributed by atoms with Gasteiger partial charge in [-0.05, 0) is 29.8 Å². The van der Waals surface area contributed by atoms with Crippen molar-refractivity contribution in [3.05, 3.63) is 47.9 Å². The molecule has 20 heavy (non-hydrogen) atoms. The number of fused-ring (bicyclic) bond motifs is 1. The predicted octanol–water partition coefficient (Wildman–Crippen LogP) is 1.82. The van der Waals surface area contributed by atoms with E-state index in [1.54, 1.807) is 18.2 Å². The molecule has 0 fully saturated rings. The lowest BCUT2D eigenvalue weighted by atomic mass is 10.1. The average Bonchev–Trinajstić information content (AvgIpc) is 2.78. The van der Waals surface area contributed by atoms with Gasteiger partial charge in [0.2, 0.25) is 5.95 Å². The highest BCUT2D eigenvalue weighted by atomic mass is 19.1. The Morgan fingerprint density at radius 1 is 1.30 bits per heavy atom. The molecular formula is C13H9FN4O2. The van der Waals surface area contributed by atoms with Gasteiger partial charge in [0.05, 0.1) is 0 Å². The Hall–Kier alpha value is -2.96. The number of carbonyl (C=O) groups is 1. The number of pyridine rings is 1. The Morgan fingerprint density at radius 2 is 2.10 bits per heavy atom. The second kappa shape index (κ2) is 4.30. The molecule has 3 N–H and O–H groups in total. The molecule has 7 heteroatoms. The maximum absolute atomic E-state index is 13.3. The van der Waals surface area contributed by atoms with Crippen LogP contribution in [0.2, 0.25) is 0 Å². The lowest BCUT2D eigenvalue weighted by Gasteiger charge is -2.05. The molecule has 0 bridgehead atoms. The Bertz CT molecular complexity index is 828. The fraction of sp³-hybridized carbons (Fsp3) is 0. The number of aromatic carboxylic acids is 1. The number of hydrogen-bond donors (Lipinski definition) is 2. The van der Waals surface area contributed by atoms with Crippen LogP contribution in [-0.4, -0.2) is 25.7 Å². The summed E-state index contributed by atoms with van der Waals surface area (Å²) in [6.45, 7) is 0. The second-order valence-electron chi connectivity index (χ2n) is 4.15. The molecule has 2 heterocycles. The van der Waals surface area contributed by atoms with Gasteiger partial charge in [-0.15, -0.1) is 5.10 Å². The Kier molecular flexibility index (Phi) is 2.60. The third kappa shape index (κ3) is 1.85. The van der Waals surface area contributed by atoms with Gasteiger partial charge in [-0.25, -0.2) is 13.7 Å². The second-order valence-corrected chi connectivity index (χ2v) is 4.15. The molecule has 0 unspecified atom stereocenters. The van der Waals surface area contributed by atoms with Crippen LogP contribution in [0.15, 0.2) is 36.4 Å². The summed E-state index contributed by atoms with van der Waals surface area (Å²) in [7, 11) is 0. The first kappa shape index (κ1) is 12.1. The van der Waals surface area contributed by atoms with Gasteiger partial charge in [-0.1, -0.05) is 12.1 Å². The molecule has 0 spiro atoms. The van der Waals surface area contributed by atoms with Crippen LogP contribution in [0, 0.1) is 5.82 Å². The van der Waals surface area contributed by atoms with E-state index in [1.807, 2.05) is 0 Å². The van der Waals surface area contributed by atoms with Crippen molar-refractivity contribution in [3.8, 4) is 11.1 Å². The number of halogens is 1. The Balaban J connectivity index is 2.33. The van der Waals surface area contributed by atoms with Crippen LogP contribution in [0.1, 0.15) is 10.5 Å². The van der Waals surface area contributed by atoms with Crippen molar-refractivity contribution in [3.63, 3.8) is 0 Å². The van der Waals surface area contributed by atoms with Gasteiger partial charge in [0.1, 0.15) is 5.82 Å². The lowest BCUT2D eigenvalue weighted by molar-refractivity contribution is 0.0687. The summed E-state index contributed by atoms with van der Waals surface area (Å²) in [6.07, 6.45) is 0. The number of carboxylic acids is 1. The number of anilines is 1. The van der Waals surface area contributed by atoms with Gasteiger partial charge < -0.3 is 10.8 Å². The quantitative estimate of drug-likeness (QED) is 0.742. The van der Waals surface area contributed by atoms with Crippen molar-refractivity contribution in [2.45, 2.75) is 0 Å². The number of aromatic nitrogens is 3. The molecule has 0 aliphatic heterocycles. The van der Waals surface area contributed by atoms with Gasteiger partial charge in [-0.2, -0.15) is 4.98 Å². The standard InChI is InChI=1S/C13H9FN4O2/c14-8-3-1-2-7(6-8)9-4-5-10(12(19)20)18-11(9)16-13(15)17-18/h1-6H,(H2,15,17)(H,19,20). The van der Waals surface area contributed by atoms with E-state index in [9.17, 15) is 9.18 Å². The number of nitrogens with zero attached hydrogens (tertiary/aromatic N) is 3. The molecule has 100 valence electrons. The highest BCUT2D eigenvalue weighted by Crippen LogP contribution is 2.25. The molecule has 3 aromatic rings. The van der Waals surface area contributed by atoms with E-state index in [-0.39, 0.29) is 17.3 Å². The van der Waals surface area contributed by atoms with Crippen LogP contribution >= 0.6 is 0 Å². The smallest absolute Gasteiger partial charge is 0.354 e. The zero-order valence-electron chi connectivity index (χ0n) is 10.1. The molecule has 0 saturated carbocycles. The molecule has 0 radical (unpaired) electrons. The molecule has 0 aliphatic rings. The number of rotatable bonds is 2. The van der Waals surface area contributed by atoms with Gasteiger partial charge in [-0.3, -0.25) is 0 Å². The maximum Gasteiger partial charge on any atom is 0.354 e. The fourth-order valence-corrected chi connectivity index (χ4v) is 2.02. The molecule has 0 amide bonds. The SMILES string of the molecule is Nc1nc2c(-c3cccc(F)c3)ccc(C(=O)O)n2n1. The third-order valence-electron chi connectivity index (χ3n) is 2.86. The van der Waals surface area contributed by atoms with Crippen LogP contribution in [0.4, 0.5) is 10.3 Å². The van der Waals surface area contributed by atoms with Crippen molar-refractivity contribution in [2.24, 2.45) is 0 Å². The largest absolute Gasteiger partial charge is 0.477 e. The van der Waals surface area contributed by atoms with E-state index in [4.69, 9.17) is 10.8 Å². The molecule has 0 aliphatic carbocycles. The van der Waals surface area contributed by atoms with Crippen LogP contribution < -0.4 is 5.73 Å². The van der Waals surface area contributed by atoms with Crippen LogP contribution in [0.3, 0.4) is 0 Å². The predicted molar refractivity (Wildman–Crippen MR) is 69.8 cm³/mol. The normalized spacial score (nSPS) is 10.8. The summed E-state index contributed by atoms with van der Waals surface area (Å²) in [5.74, 6) is -1.59. The zero-order chi connectivity index (χ0) is 14.3. The molecule has 6 nitrogen and oxygen atoms in total. The van der Waals surface area contributed by atoms with Crippen LogP contribution in [0.25, 0.3) is 16.8 Å². The summed E-state index contributed by atoms with van der Waals surface area (Å²) < 4.78 is 14.4. The third-order valence-corrected chi connectivity index (χ3v) is 2.86. The van der Waals surface area contributed by atoms with Crippen LogP contribution in [0.5, 0.6) is 0 Å². The van der Waals surface area contributed by atoms with Gasteiger partial charge in [0.25, 0.3) is 0 Å². The van der Waals surface area contributed by atoms with Gasteiger partial charge in [0, 0.05) is 5.56 Å². The van der Waals surface area contributed by atoms with E-state index >= 15 is 0 Å². The van der Waals surface area contributed by atoms with Crippen LogP contribution in [-0.2, 0) is 0 Å². The lowest BCUT2D eigenvalue weighted by Crippen LogP contribution is -2.07. The molecule has 0 saturated heterocycles. The van der Waals surface area contributed by atoms with Crippen molar-refractivity contribution in [1.82, 2.24) is 14.6 Å². The molecule has 3 rings (SSSR count). The number of nitrogen functional groups attached to an aromatic ring is 1. The number of nitrogens with two attached hydrogens (primary N) is 1. The van der Waals surface area contributed by atoms with Gasteiger partial charge in [0.15, 0.2) is 11.3 Å². The summed E-state index contributed by atoms with van der Waals surface area (Å²) >= 11 is 0. The molecule has 2 aromatic heterocycles. The van der Waals surface area contributed by atoms with Crippen molar-refractivity contribution < 1.29 is 14.3 Å². The average molecular weight is 272 g/mol. The topological polar surface area (TPSA) is 93.5 Å². The van der Waals surface area contributed by atoms with Crippen molar-refractivity contribution >= 4 is 17.6 Å². The Morgan fingerprint density at radius 3 is 2.80 bits per heavy atom. The maximum atomic E-state index is 13.3. The zero-order valence-corrected chi connectivity index (χ0v) is 10.1. The Labute approximate surface area is 112 Å². The minimum Gasteiger partial charge on any atom is -0.477 e. The van der Waals surface area contributed by atoms with Crippen molar-refractivity contribution in [1.29, 1.82) is 0 Å². The fourth-order valence-electron chi connectivity index (χ4n) is 2.02. The first-order chi connectivity index (χ1) is 9.56. The highest BCUT2D eigenvalue weighted by Gasteiger charge is 2.16. The number of carboxylic acid groups (broad SMARTS) is 1.